The molecule has 0 aromatic heterocycles. The van der Waals surface area contributed by atoms with E-state index in [0.717, 1.165) is 19.1 Å². The summed E-state index contributed by atoms with van der Waals surface area (Å²) < 4.78 is 27.4. The summed E-state index contributed by atoms with van der Waals surface area (Å²) in [6.07, 6.45) is 3.85. The Bertz CT molecular complexity index is 1450. The summed E-state index contributed by atoms with van der Waals surface area (Å²) in [5, 5.41) is 7.83. The van der Waals surface area contributed by atoms with E-state index in [9.17, 15) is 18.0 Å². The SMILES string of the molecule is CC(NC(=O)[C@@H]1c2ccccc2C(=O)N(C2CCCC[C@@H]2NS(C)(=O)=O)[C@H]1c1ccc(Cl)cc1Cl)C1=NNNN1. The molecule has 214 valence electrons. The smallest absolute Gasteiger partial charge is 0.255 e. The van der Waals surface area contributed by atoms with E-state index in [1.165, 1.54) is 0 Å². The summed E-state index contributed by atoms with van der Waals surface area (Å²) >= 11 is 13.0. The van der Waals surface area contributed by atoms with Crippen molar-refractivity contribution in [3.05, 3.63) is 69.2 Å². The van der Waals surface area contributed by atoms with Gasteiger partial charge in [0.2, 0.25) is 15.9 Å². The topological polar surface area (TPSA) is 144 Å². The fraction of sp³-hybridized carbons (Fsp3) is 0.423. The van der Waals surface area contributed by atoms with E-state index in [0.29, 0.717) is 45.4 Å². The Hall–Kier alpha value is -2.90. The number of carbonyl (C=O) groups excluding carboxylic acids is 2. The number of nitrogens with one attached hydrogen (secondary N) is 5. The van der Waals surface area contributed by atoms with Crippen molar-refractivity contribution in [2.45, 2.75) is 62.7 Å². The molecular formula is C26H31Cl2N7O4S. The second-order valence-corrected chi connectivity index (χ2v) is 12.9. The summed E-state index contributed by atoms with van der Waals surface area (Å²) in [6, 6.07) is 9.64. The molecule has 5 rings (SSSR count). The number of nitrogens with zero attached hydrogens (tertiary/aromatic N) is 2. The molecule has 2 aromatic carbocycles. The first-order chi connectivity index (χ1) is 19.0. The van der Waals surface area contributed by atoms with Gasteiger partial charge in [0.05, 0.1) is 24.3 Å². The molecule has 1 saturated carbocycles. The number of hydrogen-bond donors (Lipinski definition) is 5. The Morgan fingerprint density at radius 2 is 1.88 bits per heavy atom. The van der Waals surface area contributed by atoms with E-state index in [2.05, 4.69) is 31.6 Å². The van der Waals surface area contributed by atoms with Crippen LogP contribution in [0.1, 0.15) is 66.1 Å². The molecule has 5 N–H and O–H groups in total. The van der Waals surface area contributed by atoms with Gasteiger partial charge < -0.3 is 10.2 Å². The fourth-order valence-corrected chi connectivity index (χ4v) is 7.26. The average molecular weight is 609 g/mol. The monoisotopic (exact) mass is 607 g/mol. The van der Waals surface area contributed by atoms with Crippen molar-refractivity contribution in [2.24, 2.45) is 5.10 Å². The van der Waals surface area contributed by atoms with Crippen molar-refractivity contribution in [3.8, 4) is 0 Å². The van der Waals surface area contributed by atoms with Gasteiger partial charge in [-0.05, 0) is 49.1 Å². The lowest BCUT2D eigenvalue weighted by Gasteiger charge is -2.49. The first-order valence-corrected chi connectivity index (χ1v) is 15.7. The van der Waals surface area contributed by atoms with Crippen molar-refractivity contribution >= 4 is 50.9 Å². The quantitative estimate of drug-likeness (QED) is 0.325. The van der Waals surface area contributed by atoms with Crippen LogP contribution in [0.15, 0.2) is 47.6 Å². The molecule has 0 spiro atoms. The Morgan fingerprint density at radius 3 is 2.58 bits per heavy atom. The van der Waals surface area contributed by atoms with Gasteiger partial charge >= 0.3 is 0 Å². The van der Waals surface area contributed by atoms with Crippen LogP contribution >= 0.6 is 23.2 Å². The van der Waals surface area contributed by atoms with E-state index in [1.54, 1.807) is 54.3 Å². The minimum atomic E-state index is -3.57. The van der Waals surface area contributed by atoms with Crippen LogP contribution in [0.5, 0.6) is 0 Å². The molecule has 11 nitrogen and oxygen atoms in total. The molecule has 2 amide bonds. The number of hydrazone groups is 1. The molecule has 5 atom stereocenters. The molecule has 0 radical (unpaired) electrons. The van der Waals surface area contributed by atoms with Crippen LogP contribution in [0.25, 0.3) is 0 Å². The zero-order valence-electron chi connectivity index (χ0n) is 21.9. The van der Waals surface area contributed by atoms with Crippen molar-refractivity contribution in [3.63, 3.8) is 0 Å². The van der Waals surface area contributed by atoms with Gasteiger partial charge in [0.25, 0.3) is 5.91 Å². The lowest BCUT2D eigenvalue weighted by atomic mass is 9.76. The molecule has 2 aromatic rings. The average Bonchev–Trinajstić information content (AvgIpc) is 3.44. The summed E-state index contributed by atoms with van der Waals surface area (Å²) in [5.74, 6) is -1.01. The lowest BCUT2D eigenvalue weighted by molar-refractivity contribution is -0.124. The van der Waals surface area contributed by atoms with Gasteiger partial charge in [-0.15, -0.1) is 10.6 Å². The molecule has 0 bridgehead atoms. The third-order valence-electron chi connectivity index (χ3n) is 7.58. The Kier molecular flexibility index (Phi) is 8.25. The highest BCUT2D eigenvalue weighted by atomic mass is 35.5. The minimum Gasteiger partial charge on any atom is -0.346 e. The number of hydrazine groups is 2. The predicted molar refractivity (Wildman–Crippen MR) is 153 cm³/mol. The molecule has 14 heteroatoms. The molecule has 1 aliphatic carbocycles. The molecule has 2 heterocycles. The van der Waals surface area contributed by atoms with Gasteiger partial charge in [0.1, 0.15) is 0 Å². The van der Waals surface area contributed by atoms with Gasteiger partial charge in [-0.2, -0.15) is 0 Å². The normalized spacial score (nSPS) is 25.4. The Morgan fingerprint density at radius 1 is 1.12 bits per heavy atom. The maximum Gasteiger partial charge on any atom is 0.255 e. The standard InChI is InChI=1S/C26H31Cl2N7O4S/c1-14(24-30-33-34-31-24)29-25(36)22-16-7-3-4-8-17(16)26(37)35(23(22)18-12-11-15(27)13-19(18)28)21-10-6-5-9-20(21)32-40(2,38)39/h3-4,7-8,11-14,20-23,32-34H,5-6,9-10H2,1-2H3,(H,29,36)(H,30,31)/t14?,20-,21?,22+,23-/m0/s1. The van der Waals surface area contributed by atoms with Crippen LogP contribution in [0.2, 0.25) is 10.0 Å². The van der Waals surface area contributed by atoms with Gasteiger partial charge in [0.15, 0.2) is 5.84 Å². The van der Waals surface area contributed by atoms with Crippen LogP contribution < -0.4 is 26.5 Å². The zero-order chi connectivity index (χ0) is 28.6. The minimum absolute atomic E-state index is 0.286. The predicted octanol–water partition coefficient (Wildman–Crippen LogP) is 2.57. The second kappa shape index (κ2) is 11.5. The van der Waals surface area contributed by atoms with Crippen LogP contribution in [0.3, 0.4) is 0 Å². The molecular weight excluding hydrogens is 577 g/mol. The third-order valence-corrected chi connectivity index (χ3v) is 8.88. The number of amides is 2. The molecule has 40 heavy (non-hydrogen) atoms. The van der Waals surface area contributed by atoms with Crippen LogP contribution in [-0.2, 0) is 14.8 Å². The maximum absolute atomic E-state index is 14.3. The Balaban J connectivity index is 1.66. The van der Waals surface area contributed by atoms with Crippen molar-refractivity contribution in [1.29, 1.82) is 0 Å². The third kappa shape index (κ3) is 5.77. The number of amidine groups is 1. The molecule has 2 aliphatic heterocycles. The van der Waals surface area contributed by atoms with Gasteiger partial charge in [-0.25, -0.2) is 18.7 Å². The number of sulfonamides is 1. The van der Waals surface area contributed by atoms with Crippen LogP contribution in [0.4, 0.5) is 0 Å². The highest BCUT2D eigenvalue weighted by Gasteiger charge is 2.49. The number of hydrogen-bond acceptors (Lipinski definition) is 8. The lowest BCUT2D eigenvalue weighted by Crippen LogP contribution is -2.59. The van der Waals surface area contributed by atoms with E-state index >= 15 is 0 Å². The molecule has 1 fully saturated rings. The van der Waals surface area contributed by atoms with Crippen molar-refractivity contribution in [1.82, 2.24) is 31.4 Å². The van der Waals surface area contributed by atoms with Gasteiger partial charge in [0, 0.05) is 27.7 Å². The molecule has 0 saturated heterocycles. The van der Waals surface area contributed by atoms with Crippen LogP contribution in [0, 0.1) is 0 Å². The summed E-state index contributed by atoms with van der Waals surface area (Å²) in [6.45, 7) is 1.79. The summed E-state index contributed by atoms with van der Waals surface area (Å²) in [7, 11) is -3.57. The maximum atomic E-state index is 14.3. The first-order valence-electron chi connectivity index (χ1n) is 13.0. The number of halogens is 2. The summed E-state index contributed by atoms with van der Waals surface area (Å²) in [5.41, 5.74) is 9.58. The molecule has 2 unspecified atom stereocenters. The van der Waals surface area contributed by atoms with E-state index < -0.39 is 40.1 Å². The van der Waals surface area contributed by atoms with Crippen LogP contribution in [-0.4, -0.2) is 55.3 Å². The number of rotatable bonds is 7. The van der Waals surface area contributed by atoms with Crippen molar-refractivity contribution < 1.29 is 18.0 Å². The highest BCUT2D eigenvalue weighted by molar-refractivity contribution is 7.88. The van der Waals surface area contributed by atoms with Gasteiger partial charge in [-0.1, -0.05) is 60.3 Å². The first kappa shape index (κ1) is 28.6. The number of benzene rings is 2. The zero-order valence-corrected chi connectivity index (χ0v) is 24.3. The Labute approximate surface area is 243 Å². The van der Waals surface area contributed by atoms with E-state index in [4.69, 9.17) is 23.2 Å². The highest BCUT2D eigenvalue weighted by Crippen LogP contribution is 2.47. The van der Waals surface area contributed by atoms with Gasteiger partial charge in [-0.3, -0.25) is 15.0 Å². The largest absolute Gasteiger partial charge is 0.346 e. The number of fused-ring (bicyclic) bond motifs is 1. The second-order valence-electron chi connectivity index (χ2n) is 10.3. The fourth-order valence-electron chi connectivity index (χ4n) is 5.91. The summed E-state index contributed by atoms with van der Waals surface area (Å²) in [4.78, 5) is 30.1. The van der Waals surface area contributed by atoms with Crippen molar-refractivity contribution in [2.75, 3.05) is 6.26 Å². The van der Waals surface area contributed by atoms with E-state index in [-0.39, 0.29) is 11.8 Å². The molecule has 3 aliphatic rings. The number of carbonyl (C=O) groups is 2. The van der Waals surface area contributed by atoms with E-state index in [1.807, 2.05) is 0 Å².